The van der Waals surface area contributed by atoms with Crippen molar-refractivity contribution in [3.8, 4) is 0 Å². The molecule has 88 valence electrons. The largest absolute Gasteiger partial charge is 0.323 e. The molecule has 0 aromatic rings. The zero-order valence-corrected chi connectivity index (χ0v) is 12.7. The van der Waals surface area contributed by atoms with Crippen LogP contribution in [0.15, 0.2) is 4.99 Å². The van der Waals surface area contributed by atoms with E-state index < -0.39 is 0 Å². The molecule has 0 radical (unpaired) electrons. The molecule has 0 aliphatic carbocycles. The third-order valence-electron chi connectivity index (χ3n) is 2.25. The summed E-state index contributed by atoms with van der Waals surface area (Å²) in [5.41, 5.74) is 0. The smallest absolute Gasteiger partial charge is 0.158 e. The van der Waals surface area contributed by atoms with Crippen molar-refractivity contribution in [3.05, 3.63) is 0 Å². The van der Waals surface area contributed by atoms with E-state index in [1.165, 1.54) is 23.5 Å². The van der Waals surface area contributed by atoms with Crippen LogP contribution in [0.1, 0.15) is 27.7 Å². The molecule has 0 saturated heterocycles. The standard InChI is InChI=1S/C11H24N2SSi/c1-9(2)7-13(8-10(3)4)15-11-12-5-6-14-11/h9-10H,5-8,15H2,1-4H3. The number of hydrogen-bond donors (Lipinski definition) is 0. The van der Waals surface area contributed by atoms with Gasteiger partial charge < -0.3 is 4.57 Å². The summed E-state index contributed by atoms with van der Waals surface area (Å²) in [6.07, 6.45) is 0. The fourth-order valence-corrected chi connectivity index (χ4v) is 5.78. The predicted octanol–water partition coefficient (Wildman–Crippen LogP) is 1.79. The van der Waals surface area contributed by atoms with Crippen molar-refractivity contribution in [2.75, 3.05) is 25.4 Å². The van der Waals surface area contributed by atoms with Gasteiger partial charge in [-0.05, 0) is 24.9 Å². The van der Waals surface area contributed by atoms with Gasteiger partial charge in [0.2, 0.25) is 0 Å². The fourth-order valence-electron chi connectivity index (χ4n) is 1.90. The Hall–Kier alpha value is 0.197. The predicted molar refractivity (Wildman–Crippen MR) is 74.6 cm³/mol. The number of hydrogen-bond acceptors (Lipinski definition) is 3. The lowest BCUT2D eigenvalue weighted by Gasteiger charge is -2.25. The molecule has 15 heavy (non-hydrogen) atoms. The average molecular weight is 244 g/mol. The van der Waals surface area contributed by atoms with Crippen molar-refractivity contribution >= 4 is 26.1 Å². The minimum atomic E-state index is -0.238. The van der Waals surface area contributed by atoms with Gasteiger partial charge in [-0.2, -0.15) is 0 Å². The van der Waals surface area contributed by atoms with Gasteiger partial charge >= 0.3 is 0 Å². The van der Waals surface area contributed by atoms with Gasteiger partial charge in [0, 0.05) is 12.3 Å². The molecule has 0 N–H and O–H groups in total. The minimum absolute atomic E-state index is 0.238. The Balaban J connectivity index is 2.40. The first kappa shape index (κ1) is 13.3. The van der Waals surface area contributed by atoms with Crippen LogP contribution in [0.2, 0.25) is 0 Å². The summed E-state index contributed by atoms with van der Waals surface area (Å²) in [5.74, 6) is 2.78. The first-order valence-corrected chi connectivity index (χ1v) is 8.29. The van der Waals surface area contributed by atoms with E-state index in [4.69, 9.17) is 0 Å². The molecular weight excluding hydrogens is 220 g/mol. The summed E-state index contributed by atoms with van der Waals surface area (Å²) in [5, 5.41) is 0. The van der Waals surface area contributed by atoms with E-state index in [-0.39, 0.29) is 9.68 Å². The van der Waals surface area contributed by atoms with Crippen LogP contribution >= 0.6 is 11.8 Å². The van der Waals surface area contributed by atoms with E-state index in [0.29, 0.717) is 0 Å². The molecule has 1 aliphatic heterocycles. The van der Waals surface area contributed by atoms with Gasteiger partial charge in [0.25, 0.3) is 0 Å². The summed E-state index contributed by atoms with van der Waals surface area (Å²) in [6, 6.07) is 0. The van der Waals surface area contributed by atoms with E-state index in [1.54, 1.807) is 0 Å². The van der Waals surface area contributed by atoms with E-state index in [0.717, 1.165) is 18.4 Å². The molecule has 4 heteroatoms. The highest BCUT2D eigenvalue weighted by molar-refractivity contribution is 8.17. The van der Waals surface area contributed by atoms with Crippen LogP contribution in [0.4, 0.5) is 0 Å². The third kappa shape index (κ3) is 5.73. The van der Waals surface area contributed by atoms with Crippen molar-refractivity contribution in [2.24, 2.45) is 16.8 Å². The van der Waals surface area contributed by atoms with Crippen molar-refractivity contribution in [1.82, 2.24) is 4.57 Å². The lowest BCUT2D eigenvalue weighted by Crippen LogP contribution is -2.37. The second kappa shape index (κ2) is 6.71. The Bertz CT molecular complexity index is 207. The Morgan fingerprint density at radius 1 is 1.27 bits per heavy atom. The zero-order valence-electron chi connectivity index (χ0n) is 10.5. The average Bonchev–Trinajstić information content (AvgIpc) is 2.53. The SMILES string of the molecule is CC(C)CN(CC(C)C)[SiH2]C1=NCCS1. The summed E-state index contributed by atoms with van der Waals surface area (Å²) < 4.78 is 4.17. The maximum absolute atomic E-state index is 4.59. The highest BCUT2D eigenvalue weighted by atomic mass is 32.2. The van der Waals surface area contributed by atoms with Gasteiger partial charge in [0.05, 0.1) is 4.67 Å². The first-order valence-electron chi connectivity index (χ1n) is 5.96. The summed E-state index contributed by atoms with van der Waals surface area (Å²) in [7, 11) is -0.238. The number of thioether (sulfide) groups is 1. The van der Waals surface area contributed by atoms with Crippen molar-refractivity contribution < 1.29 is 0 Å². The Labute approximate surface area is 101 Å². The minimum Gasteiger partial charge on any atom is -0.323 e. The molecule has 0 unspecified atom stereocenters. The Morgan fingerprint density at radius 3 is 2.27 bits per heavy atom. The van der Waals surface area contributed by atoms with Crippen LogP contribution in [0.25, 0.3) is 0 Å². The highest BCUT2D eigenvalue weighted by Crippen LogP contribution is 2.13. The van der Waals surface area contributed by atoms with Crippen LogP contribution in [0.5, 0.6) is 0 Å². The van der Waals surface area contributed by atoms with Gasteiger partial charge in [0.1, 0.15) is 0 Å². The zero-order chi connectivity index (χ0) is 11.3. The number of nitrogens with zero attached hydrogens (tertiary/aromatic N) is 2. The summed E-state index contributed by atoms with van der Waals surface area (Å²) >= 11 is 1.99. The van der Waals surface area contributed by atoms with E-state index >= 15 is 0 Å². The molecule has 0 atom stereocenters. The quantitative estimate of drug-likeness (QED) is 0.662. The molecule has 0 aromatic heterocycles. The number of aliphatic imine (C=N–C) groups is 1. The molecule has 2 nitrogen and oxygen atoms in total. The molecule has 0 spiro atoms. The molecule has 0 amide bonds. The molecule has 1 rings (SSSR count). The van der Waals surface area contributed by atoms with Gasteiger partial charge in [-0.1, -0.05) is 27.7 Å². The number of rotatable bonds is 6. The first-order chi connectivity index (χ1) is 7.08. The van der Waals surface area contributed by atoms with Crippen LogP contribution in [0.3, 0.4) is 0 Å². The maximum atomic E-state index is 4.59. The topological polar surface area (TPSA) is 15.6 Å². The van der Waals surface area contributed by atoms with Gasteiger partial charge in [-0.25, -0.2) is 0 Å². The van der Waals surface area contributed by atoms with Crippen LogP contribution in [-0.4, -0.2) is 44.3 Å². The van der Waals surface area contributed by atoms with Crippen molar-refractivity contribution in [2.45, 2.75) is 27.7 Å². The second-order valence-corrected chi connectivity index (χ2v) is 8.67. The third-order valence-corrected chi connectivity index (χ3v) is 5.56. The molecular formula is C11H24N2SSi. The summed E-state index contributed by atoms with van der Waals surface area (Å²) in [4.78, 5) is 4.59. The van der Waals surface area contributed by atoms with Crippen LogP contribution in [-0.2, 0) is 0 Å². The normalized spacial score (nSPS) is 17.7. The van der Waals surface area contributed by atoms with E-state index in [9.17, 15) is 0 Å². The van der Waals surface area contributed by atoms with E-state index in [2.05, 4.69) is 37.3 Å². The molecule has 0 bridgehead atoms. The molecule has 0 saturated carbocycles. The second-order valence-electron chi connectivity index (χ2n) is 5.11. The Kier molecular flexibility index (Phi) is 5.93. The molecule has 1 aliphatic rings. The highest BCUT2D eigenvalue weighted by Gasteiger charge is 2.15. The lowest BCUT2D eigenvalue weighted by atomic mass is 10.2. The van der Waals surface area contributed by atoms with Gasteiger partial charge in [-0.3, -0.25) is 4.99 Å². The molecule has 0 fully saturated rings. The molecule has 1 heterocycles. The Morgan fingerprint density at radius 2 is 1.87 bits per heavy atom. The monoisotopic (exact) mass is 244 g/mol. The fraction of sp³-hybridized carbons (Fsp3) is 0.909. The van der Waals surface area contributed by atoms with E-state index in [1.807, 2.05) is 11.8 Å². The van der Waals surface area contributed by atoms with Crippen molar-refractivity contribution in [1.29, 1.82) is 0 Å². The van der Waals surface area contributed by atoms with Gasteiger partial charge in [-0.15, -0.1) is 11.8 Å². The van der Waals surface area contributed by atoms with Gasteiger partial charge in [0.15, 0.2) is 9.68 Å². The lowest BCUT2D eigenvalue weighted by molar-refractivity contribution is 0.349. The van der Waals surface area contributed by atoms with Crippen LogP contribution < -0.4 is 0 Å². The van der Waals surface area contributed by atoms with Crippen molar-refractivity contribution in [3.63, 3.8) is 0 Å². The van der Waals surface area contributed by atoms with Crippen LogP contribution in [0, 0.1) is 11.8 Å². The molecule has 0 aromatic carbocycles. The maximum Gasteiger partial charge on any atom is 0.158 e. The summed E-state index contributed by atoms with van der Waals surface area (Å²) in [6.45, 7) is 12.8.